The van der Waals surface area contributed by atoms with Crippen molar-refractivity contribution in [2.24, 2.45) is 0 Å². The third kappa shape index (κ3) is 2.64. The highest BCUT2D eigenvalue weighted by atomic mass is 35.5. The van der Waals surface area contributed by atoms with Crippen LogP contribution in [0.2, 0.25) is 5.02 Å². The predicted octanol–water partition coefficient (Wildman–Crippen LogP) is 3.28. The Morgan fingerprint density at radius 2 is 2.33 bits per heavy atom. The smallest absolute Gasteiger partial charge is 0.280 e. The van der Waals surface area contributed by atoms with Crippen molar-refractivity contribution in [3.63, 3.8) is 0 Å². The van der Waals surface area contributed by atoms with Gasteiger partial charge in [-0.05, 0) is 31.4 Å². The van der Waals surface area contributed by atoms with E-state index in [1.54, 1.807) is 6.07 Å². The Balaban J connectivity index is 1.48. The summed E-state index contributed by atoms with van der Waals surface area (Å²) in [7, 11) is 0. The number of nitrogens with zero attached hydrogens (tertiary/aromatic N) is 3. The van der Waals surface area contributed by atoms with Crippen LogP contribution in [0.15, 0.2) is 29.6 Å². The van der Waals surface area contributed by atoms with Crippen molar-refractivity contribution in [2.75, 3.05) is 0 Å². The number of aromatic nitrogens is 1. The topological polar surface area (TPSA) is 69.0 Å². The second-order valence-corrected chi connectivity index (χ2v) is 7.46. The summed E-state index contributed by atoms with van der Waals surface area (Å²) in [6.45, 7) is 0. The third-order valence-electron chi connectivity index (χ3n) is 4.79. The van der Waals surface area contributed by atoms with Gasteiger partial charge in [0.05, 0.1) is 17.8 Å². The van der Waals surface area contributed by atoms with Crippen molar-refractivity contribution in [1.29, 1.82) is 5.26 Å². The van der Waals surface area contributed by atoms with E-state index >= 15 is 0 Å². The van der Waals surface area contributed by atoms with Crippen molar-refractivity contribution >= 4 is 28.8 Å². The molecule has 2 fully saturated rings. The Hall–Kier alpha value is -2.10. The minimum atomic E-state index is -0.163. The van der Waals surface area contributed by atoms with E-state index in [1.807, 2.05) is 28.5 Å². The number of carbonyl (C=O) groups is 1. The van der Waals surface area contributed by atoms with Crippen LogP contribution in [0.1, 0.15) is 29.1 Å². The number of amides is 1. The zero-order chi connectivity index (χ0) is 16.7. The van der Waals surface area contributed by atoms with E-state index in [9.17, 15) is 10.1 Å². The molecule has 1 aromatic carbocycles. The van der Waals surface area contributed by atoms with Gasteiger partial charge in [-0.3, -0.25) is 4.79 Å². The first-order valence-electron chi connectivity index (χ1n) is 7.86. The molecule has 0 spiro atoms. The molecule has 122 valence electrons. The van der Waals surface area contributed by atoms with Crippen LogP contribution in [0.25, 0.3) is 11.3 Å². The molecule has 2 aliphatic rings. The number of fused-ring (bicyclic) bond motifs is 2. The minimum Gasteiger partial charge on any atom is -0.345 e. The summed E-state index contributed by atoms with van der Waals surface area (Å²) >= 11 is 7.33. The summed E-state index contributed by atoms with van der Waals surface area (Å²) in [5.41, 5.74) is 1.65. The van der Waals surface area contributed by atoms with Gasteiger partial charge in [0.2, 0.25) is 0 Å². The molecule has 2 aromatic rings. The van der Waals surface area contributed by atoms with E-state index in [2.05, 4.69) is 16.5 Å². The Bertz CT molecular complexity index is 830. The fourth-order valence-corrected chi connectivity index (χ4v) is 4.61. The van der Waals surface area contributed by atoms with Crippen molar-refractivity contribution in [2.45, 2.75) is 37.4 Å². The molecule has 0 radical (unpaired) electrons. The average Bonchev–Trinajstić information content (AvgIpc) is 3.28. The first kappa shape index (κ1) is 15.4. The molecular weight excluding hydrogens is 344 g/mol. The number of hydrogen-bond donors (Lipinski definition) is 1. The molecule has 1 amide bonds. The van der Waals surface area contributed by atoms with Crippen molar-refractivity contribution in [1.82, 2.24) is 15.2 Å². The molecule has 2 bridgehead atoms. The van der Waals surface area contributed by atoms with E-state index in [0.29, 0.717) is 10.0 Å². The van der Waals surface area contributed by atoms with Gasteiger partial charge in [-0.2, -0.15) is 5.26 Å². The van der Waals surface area contributed by atoms with Gasteiger partial charge < -0.3 is 10.2 Å². The molecule has 1 N–H and O–H groups in total. The second kappa shape index (κ2) is 6.08. The zero-order valence-corrected chi connectivity index (χ0v) is 14.3. The summed E-state index contributed by atoms with van der Waals surface area (Å²) in [4.78, 5) is 18.8. The first-order chi connectivity index (χ1) is 11.7. The van der Waals surface area contributed by atoms with Crippen molar-refractivity contribution < 1.29 is 4.79 Å². The maximum Gasteiger partial charge on any atom is 0.280 e. The summed E-state index contributed by atoms with van der Waals surface area (Å²) in [6.07, 6.45) is 5.11. The number of hydrogen-bond acceptors (Lipinski definition) is 5. The molecule has 0 saturated carbocycles. The van der Waals surface area contributed by atoms with Gasteiger partial charge in [0.25, 0.3) is 5.91 Å². The molecule has 4 rings (SSSR count). The summed E-state index contributed by atoms with van der Waals surface area (Å²) in [5.74, 6) is -0.163. The molecule has 3 atom stereocenters. The molecular formula is C17H15ClN4OS. The number of benzene rings is 1. The van der Waals surface area contributed by atoms with E-state index in [0.717, 1.165) is 30.5 Å². The largest absolute Gasteiger partial charge is 0.345 e. The standard InChI is InChI=1S/C17H15ClN4OS/c18-11-3-1-2-10(6-11)14-8-24-17(21-14)16(23)20-13-7-12-4-5-15(13)22(12)9-19/h1-3,6,8,12-13,15H,4-5,7H2,(H,20,23)/t12-,13+,15+/m0/s1. The lowest BCUT2D eigenvalue weighted by Gasteiger charge is -2.21. The van der Waals surface area contributed by atoms with Crippen molar-refractivity contribution in [3.05, 3.63) is 39.7 Å². The number of rotatable bonds is 3. The molecule has 7 heteroatoms. The van der Waals surface area contributed by atoms with Gasteiger partial charge in [0.15, 0.2) is 11.2 Å². The lowest BCUT2D eigenvalue weighted by Crippen LogP contribution is -2.43. The van der Waals surface area contributed by atoms with Crippen LogP contribution >= 0.6 is 22.9 Å². The quantitative estimate of drug-likeness (QED) is 0.855. The van der Waals surface area contributed by atoms with Crippen LogP contribution in [-0.2, 0) is 0 Å². The van der Waals surface area contributed by atoms with E-state index in [-0.39, 0.29) is 24.0 Å². The number of nitriles is 1. The van der Waals surface area contributed by atoms with Crippen LogP contribution in [-0.4, -0.2) is 33.9 Å². The molecule has 0 unspecified atom stereocenters. The van der Waals surface area contributed by atoms with Gasteiger partial charge in [0, 0.05) is 22.0 Å². The van der Waals surface area contributed by atoms with E-state index in [4.69, 9.17) is 11.6 Å². The van der Waals surface area contributed by atoms with Gasteiger partial charge in [-0.25, -0.2) is 4.98 Å². The average molecular weight is 359 g/mol. The van der Waals surface area contributed by atoms with Gasteiger partial charge >= 0.3 is 0 Å². The number of nitrogens with one attached hydrogen (secondary N) is 1. The number of thiazole rings is 1. The van der Waals surface area contributed by atoms with Crippen LogP contribution in [0, 0.1) is 11.5 Å². The first-order valence-corrected chi connectivity index (χ1v) is 9.12. The number of carbonyl (C=O) groups excluding carboxylic acids is 1. The predicted molar refractivity (Wildman–Crippen MR) is 92.7 cm³/mol. The maximum absolute atomic E-state index is 12.5. The van der Waals surface area contributed by atoms with Gasteiger partial charge in [0.1, 0.15) is 0 Å². The third-order valence-corrected chi connectivity index (χ3v) is 5.86. The lowest BCUT2D eigenvalue weighted by molar-refractivity contribution is 0.0928. The minimum absolute atomic E-state index is 0.0365. The monoisotopic (exact) mass is 358 g/mol. The van der Waals surface area contributed by atoms with E-state index < -0.39 is 0 Å². The highest BCUT2D eigenvalue weighted by Gasteiger charge is 2.46. The van der Waals surface area contributed by atoms with Crippen LogP contribution in [0.3, 0.4) is 0 Å². The van der Waals surface area contributed by atoms with Crippen LogP contribution in [0.4, 0.5) is 0 Å². The van der Waals surface area contributed by atoms with Gasteiger partial charge in [-0.1, -0.05) is 23.7 Å². The second-order valence-electron chi connectivity index (χ2n) is 6.17. The molecule has 2 aliphatic heterocycles. The fourth-order valence-electron chi connectivity index (χ4n) is 3.69. The molecule has 0 aliphatic carbocycles. The SMILES string of the molecule is N#CN1[C@H]2CC[C@@H]1[C@H](NC(=O)c1nc(-c3cccc(Cl)c3)cs1)C2. The molecule has 2 saturated heterocycles. The van der Waals surface area contributed by atoms with Crippen LogP contribution < -0.4 is 5.32 Å². The summed E-state index contributed by atoms with van der Waals surface area (Å²) in [6, 6.07) is 7.88. The highest BCUT2D eigenvalue weighted by molar-refractivity contribution is 7.12. The molecule has 1 aromatic heterocycles. The maximum atomic E-state index is 12.5. The molecule has 3 heterocycles. The Morgan fingerprint density at radius 1 is 1.46 bits per heavy atom. The normalized spacial score (nSPS) is 24.8. The van der Waals surface area contributed by atoms with Gasteiger partial charge in [-0.15, -0.1) is 11.3 Å². The lowest BCUT2D eigenvalue weighted by atomic mass is 9.95. The Labute approximate surface area is 148 Å². The van der Waals surface area contributed by atoms with Crippen molar-refractivity contribution in [3.8, 4) is 17.5 Å². The molecule has 5 nitrogen and oxygen atoms in total. The fraction of sp³-hybridized carbons (Fsp3) is 0.353. The zero-order valence-electron chi connectivity index (χ0n) is 12.8. The molecule has 24 heavy (non-hydrogen) atoms. The summed E-state index contributed by atoms with van der Waals surface area (Å²) in [5, 5.41) is 15.2. The van der Waals surface area contributed by atoms with Crippen LogP contribution in [0.5, 0.6) is 0 Å². The van der Waals surface area contributed by atoms with E-state index in [1.165, 1.54) is 11.3 Å². The Kier molecular flexibility index (Phi) is 3.91. The number of halogens is 1. The summed E-state index contributed by atoms with van der Waals surface area (Å²) < 4.78 is 0. The Morgan fingerprint density at radius 3 is 3.08 bits per heavy atom. The highest BCUT2D eigenvalue weighted by Crippen LogP contribution is 2.37.